The number of carbonyl (C=O) groups is 1. The average Bonchev–Trinajstić information content (AvgIpc) is 3.58. The van der Waals surface area contributed by atoms with Crippen LogP contribution < -0.4 is 4.72 Å². The summed E-state index contributed by atoms with van der Waals surface area (Å²) in [6, 6.07) is 1.39. The van der Waals surface area contributed by atoms with Gasteiger partial charge in [0, 0.05) is 12.6 Å². The molecular weight excluding hydrogens is 438 g/mol. The van der Waals surface area contributed by atoms with Crippen LogP contribution in [0.25, 0.3) is 0 Å². The van der Waals surface area contributed by atoms with Crippen molar-refractivity contribution in [3.05, 3.63) is 36.5 Å². The molecule has 0 unspecified atom stereocenters. The Morgan fingerprint density at radius 1 is 1.24 bits per heavy atom. The van der Waals surface area contributed by atoms with Crippen LogP contribution in [0.2, 0.25) is 0 Å². The van der Waals surface area contributed by atoms with Crippen molar-refractivity contribution in [1.29, 1.82) is 5.26 Å². The largest absolute Gasteiger partial charge is 0.376 e. The Kier molecular flexibility index (Phi) is 8.54. The van der Waals surface area contributed by atoms with Gasteiger partial charge in [-0.15, -0.1) is 0 Å². The maximum atomic E-state index is 13.2. The van der Waals surface area contributed by atoms with Crippen molar-refractivity contribution in [3.8, 4) is 6.07 Å². The molecule has 2 atom stereocenters. The number of nitrogens with zero attached hydrogens (tertiary/aromatic N) is 2. The minimum atomic E-state index is -3.43. The van der Waals surface area contributed by atoms with E-state index in [0.717, 1.165) is 31.9 Å². The second-order valence-corrected chi connectivity index (χ2v) is 11.5. The zero-order valence-corrected chi connectivity index (χ0v) is 20.6. The van der Waals surface area contributed by atoms with E-state index in [1.807, 2.05) is 12.2 Å². The lowest BCUT2D eigenvalue weighted by Crippen LogP contribution is -2.60. The van der Waals surface area contributed by atoms with Gasteiger partial charge in [0.25, 0.3) is 0 Å². The molecule has 0 aromatic heterocycles. The molecule has 0 radical (unpaired) electrons. The lowest BCUT2D eigenvalue weighted by atomic mass is 9.82. The van der Waals surface area contributed by atoms with Gasteiger partial charge in [-0.1, -0.05) is 36.5 Å². The van der Waals surface area contributed by atoms with Gasteiger partial charge in [0.1, 0.15) is 5.41 Å². The minimum Gasteiger partial charge on any atom is -0.376 e. The number of sulfonamides is 1. The third kappa shape index (κ3) is 6.78. The molecule has 3 rings (SSSR count). The molecule has 0 aromatic rings. The molecular formula is C25H37N3O4S. The molecule has 182 valence electrons. The first-order valence-corrected chi connectivity index (χ1v) is 13.9. The monoisotopic (exact) mass is 475 g/mol. The standard InChI is InChI=1S/C25H37N3O4S/c1-4-5-6-8-19(2)20-10-12-21(13-11-20)32-17-23-22(27-33(3,30)31)9-7-16-28(23)24(29)25(18-26)14-15-25/h4-6,8,20-23,27H,1,7,9-17H2,2-3H3/b6-5-,19-8+/t20?,21?,22-,23-/m0/s1. The highest BCUT2D eigenvalue weighted by atomic mass is 32.2. The fraction of sp³-hybridized carbons (Fsp3) is 0.680. The Morgan fingerprint density at radius 3 is 2.52 bits per heavy atom. The van der Waals surface area contributed by atoms with Crippen molar-refractivity contribution < 1.29 is 17.9 Å². The van der Waals surface area contributed by atoms with Crippen molar-refractivity contribution in [2.75, 3.05) is 19.4 Å². The Bertz CT molecular complexity index is 922. The van der Waals surface area contributed by atoms with Crippen LogP contribution in [0.1, 0.15) is 58.3 Å². The molecule has 0 aromatic carbocycles. The molecule has 1 heterocycles. The molecule has 1 amide bonds. The van der Waals surface area contributed by atoms with E-state index in [0.29, 0.717) is 38.1 Å². The maximum absolute atomic E-state index is 13.2. The normalized spacial score (nSPS) is 30.1. The van der Waals surface area contributed by atoms with Crippen LogP contribution in [-0.4, -0.2) is 56.8 Å². The van der Waals surface area contributed by atoms with Crippen molar-refractivity contribution in [2.45, 2.75) is 76.5 Å². The number of amides is 1. The van der Waals surface area contributed by atoms with E-state index in [1.165, 1.54) is 5.57 Å². The van der Waals surface area contributed by atoms with Crippen LogP contribution in [0, 0.1) is 22.7 Å². The van der Waals surface area contributed by atoms with E-state index < -0.39 is 27.5 Å². The van der Waals surface area contributed by atoms with Gasteiger partial charge in [-0.25, -0.2) is 13.1 Å². The van der Waals surface area contributed by atoms with Gasteiger partial charge >= 0.3 is 0 Å². The minimum absolute atomic E-state index is 0.0985. The lowest BCUT2D eigenvalue weighted by Gasteiger charge is -2.42. The Hall–Kier alpha value is -1.95. The quantitative estimate of drug-likeness (QED) is 0.515. The fourth-order valence-corrected chi connectivity index (χ4v) is 5.87. The van der Waals surface area contributed by atoms with Crippen molar-refractivity contribution in [3.63, 3.8) is 0 Å². The molecule has 1 aliphatic heterocycles. The van der Waals surface area contributed by atoms with Crippen LogP contribution in [0.5, 0.6) is 0 Å². The van der Waals surface area contributed by atoms with Crippen molar-refractivity contribution >= 4 is 15.9 Å². The summed E-state index contributed by atoms with van der Waals surface area (Å²) in [5, 5.41) is 9.51. The second kappa shape index (κ2) is 11.0. The Labute approximate surface area is 198 Å². The van der Waals surface area contributed by atoms with E-state index in [1.54, 1.807) is 11.0 Å². The summed E-state index contributed by atoms with van der Waals surface area (Å²) in [5.41, 5.74) is 0.437. The number of piperidine rings is 1. The summed E-state index contributed by atoms with van der Waals surface area (Å²) in [5.74, 6) is 0.368. The van der Waals surface area contributed by atoms with Gasteiger partial charge in [0.15, 0.2) is 0 Å². The summed E-state index contributed by atoms with van der Waals surface area (Å²) >= 11 is 0. The number of hydrogen-bond donors (Lipinski definition) is 1. The number of hydrogen-bond acceptors (Lipinski definition) is 5. The first-order chi connectivity index (χ1) is 15.7. The number of rotatable bonds is 9. The zero-order chi connectivity index (χ0) is 24.1. The van der Waals surface area contributed by atoms with Gasteiger partial charge < -0.3 is 9.64 Å². The van der Waals surface area contributed by atoms with E-state index in [9.17, 15) is 18.5 Å². The fourth-order valence-electron chi connectivity index (χ4n) is 5.04. The van der Waals surface area contributed by atoms with Gasteiger partial charge in [-0.3, -0.25) is 4.79 Å². The number of allylic oxidation sites excluding steroid dienone is 5. The summed E-state index contributed by atoms with van der Waals surface area (Å²) < 4.78 is 32.9. The smallest absolute Gasteiger partial charge is 0.243 e. The zero-order valence-electron chi connectivity index (χ0n) is 19.8. The predicted octanol–water partition coefficient (Wildman–Crippen LogP) is 3.46. The highest BCUT2D eigenvalue weighted by molar-refractivity contribution is 7.88. The molecule has 7 nitrogen and oxygen atoms in total. The molecule has 0 spiro atoms. The topological polar surface area (TPSA) is 99.5 Å². The maximum Gasteiger partial charge on any atom is 0.243 e. The van der Waals surface area contributed by atoms with Crippen LogP contribution in [0.15, 0.2) is 36.5 Å². The molecule has 2 aliphatic carbocycles. The van der Waals surface area contributed by atoms with Crippen LogP contribution in [0.4, 0.5) is 0 Å². The van der Waals surface area contributed by atoms with Gasteiger partial charge in [0.05, 0.1) is 31.1 Å². The second-order valence-electron chi connectivity index (χ2n) is 9.74. The van der Waals surface area contributed by atoms with E-state index in [-0.39, 0.29) is 18.6 Å². The molecule has 1 N–H and O–H groups in total. The predicted molar refractivity (Wildman–Crippen MR) is 129 cm³/mol. The summed E-state index contributed by atoms with van der Waals surface area (Å²) in [7, 11) is -3.43. The lowest BCUT2D eigenvalue weighted by molar-refractivity contribution is -0.142. The van der Waals surface area contributed by atoms with Gasteiger partial charge in [0.2, 0.25) is 15.9 Å². The van der Waals surface area contributed by atoms with Crippen LogP contribution in [-0.2, 0) is 19.6 Å². The average molecular weight is 476 g/mol. The van der Waals surface area contributed by atoms with Gasteiger partial charge in [-0.2, -0.15) is 5.26 Å². The third-order valence-electron chi connectivity index (χ3n) is 7.21. The number of carbonyl (C=O) groups excluding carboxylic acids is 1. The molecule has 1 saturated heterocycles. The number of ether oxygens (including phenoxy) is 1. The molecule has 0 bridgehead atoms. The third-order valence-corrected chi connectivity index (χ3v) is 7.94. The molecule has 3 aliphatic rings. The Morgan fingerprint density at radius 2 is 1.94 bits per heavy atom. The highest BCUT2D eigenvalue weighted by Crippen LogP contribution is 2.47. The summed E-state index contributed by atoms with van der Waals surface area (Å²) in [6.45, 7) is 6.67. The first kappa shape index (κ1) is 25.7. The van der Waals surface area contributed by atoms with E-state index in [4.69, 9.17) is 4.74 Å². The molecule has 33 heavy (non-hydrogen) atoms. The highest BCUT2D eigenvalue weighted by Gasteiger charge is 2.54. The molecule has 2 saturated carbocycles. The number of likely N-dealkylation sites (tertiary alicyclic amines) is 1. The van der Waals surface area contributed by atoms with Crippen LogP contribution in [0.3, 0.4) is 0 Å². The SMILES string of the molecule is C=C/C=C\C=C(/C)C1CCC(OC[C@H]2[C@@H](NS(C)(=O)=O)CCCN2C(=O)C2(C#N)CC2)CC1. The van der Waals surface area contributed by atoms with Crippen molar-refractivity contribution in [2.24, 2.45) is 11.3 Å². The number of nitrogens with one attached hydrogen (secondary N) is 1. The molecule has 8 heteroatoms. The Balaban J connectivity index is 1.63. The summed E-state index contributed by atoms with van der Waals surface area (Å²) in [6.07, 6.45) is 15.6. The van der Waals surface area contributed by atoms with Gasteiger partial charge in [-0.05, 0) is 64.2 Å². The van der Waals surface area contributed by atoms with Crippen molar-refractivity contribution in [1.82, 2.24) is 9.62 Å². The van der Waals surface area contributed by atoms with E-state index in [2.05, 4.69) is 30.4 Å². The number of nitriles is 1. The van der Waals surface area contributed by atoms with E-state index >= 15 is 0 Å². The molecule has 3 fully saturated rings. The van der Waals surface area contributed by atoms with Crippen LogP contribution >= 0.6 is 0 Å². The first-order valence-electron chi connectivity index (χ1n) is 12.0. The summed E-state index contributed by atoms with van der Waals surface area (Å²) in [4.78, 5) is 14.9.